The first kappa shape index (κ1) is 11.2. The van der Waals surface area contributed by atoms with Crippen molar-refractivity contribution in [1.29, 1.82) is 0 Å². The molecule has 1 aromatic rings. The molecule has 0 radical (unpaired) electrons. The lowest BCUT2D eigenvalue weighted by molar-refractivity contribution is 0.333. The van der Waals surface area contributed by atoms with Crippen LogP contribution in [0.1, 0.15) is 31.7 Å². The Bertz CT molecular complexity index is 347. The molecule has 1 aliphatic rings. The van der Waals surface area contributed by atoms with Crippen LogP contribution in [0.25, 0.3) is 0 Å². The average molecular weight is 220 g/mol. The number of nitrogens with zero attached hydrogens (tertiary/aromatic N) is 2. The third-order valence-electron chi connectivity index (χ3n) is 3.32. The van der Waals surface area contributed by atoms with E-state index < -0.39 is 0 Å². The molecule has 4 nitrogen and oxygen atoms in total. The van der Waals surface area contributed by atoms with Gasteiger partial charge in [-0.25, -0.2) is 9.97 Å². The number of hydrogen-bond acceptors (Lipinski definition) is 4. The van der Waals surface area contributed by atoms with Crippen molar-refractivity contribution in [2.45, 2.75) is 32.6 Å². The molecule has 16 heavy (non-hydrogen) atoms. The number of hydrogen-bond donors (Lipinski definition) is 2. The maximum absolute atomic E-state index is 4.33. The Labute approximate surface area is 96.9 Å². The molecular weight excluding hydrogens is 200 g/mol. The highest BCUT2D eigenvalue weighted by Gasteiger charge is 2.18. The van der Waals surface area contributed by atoms with Crippen molar-refractivity contribution in [1.82, 2.24) is 9.97 Å². The van der Waals surface area contributed by atoms with Crippen LogP contribution < -0.4 is 10.6 Å². The highest BCUT2D eigenvalue weighted by atomic mass is 15.1. The molecule has 1 heterocycles. The van der Waals surface area contributed by atoms with E-state index in [9.17, 15) is 0 Å². The van der Waals surface area contributed by atoms with Crippen LogP contribution >= 0.6 is 0 Å². The summed E-state index contributed by atoms with van der Waals surface area (Å²) in [5.74, 6) is 2.78. The topological polar surface area (TPSA) is 49.8 Å². The van der Waals surface area contributed by atoms with Crippen molar-refractivity contribution in [2.75, 3.05) is 24.2 Å². The standard InChI is InChI=1S/C12H20N4/c1-3-10-11(13-2)15-8-16-12(10)14-7-9-5-4-6-9/h8-9H,3-7H2,1-2H3,(H2,13,14,15,16). The van der Waals surface area contributed by atoms with Crippen molar-refractivity contribution in [3.05, 3.63) is 11.9 Å². The van der Waals surface area contributed by atoms with Gasteiger partial charge in [0.2, 0.25) is 0 Å². The normalized spacial score (nSPS) is 15.6. The predicted molar refractivity (Wildman–Crippen MR) is 66.8 cm³/mol. The van der Waals surface area contributed by atoms with Crippen LogP contribution in [0, 0.1) is 5.92 Å². The largest absolute Gasteiger partial charge is 0.373 e. The Morgan fingerprint density at radius 3 is 2.62 bits per heavy atom. The van der Waals surface area contributed by atoms with Gasteiger partial charge in [0.05, 0.1) is 0 Å². The molecule has 1 aliphatic carbocycles. The second-order valence-electron chi connectivity index (χ2n) is 4.33. The molecule has 1 aromatic heterocycles. The van der Waals surface area contributed by atoms with E-state index in [0.29, 0.717) is 0 Å². The molecule has 0 bridgehead atoms. The van der Waals surface area contributed by atoms with Gasteiger partial charge in [-0.1, -0.05) is 13.3 Å². The second kappa shape index (κ2) is 5.14. The van der Waals surface area contributed by atoms with Gasteiger partial charge in [0.15, 0.2) is 0 Å². The fourth-order valence-electron chi connectivity index (χ4n) is 2.05. The van der Waals surface area contributed by atoms with Crippen LogP contribution in [0.4, 0.5) is 11.6 Å². The van der Waals surface area contributed by atoms with Crippen molar-refractivity contribution >= 4 is 11.6 Å². The summed E-state index contributed by atoms with van der Waals surface area (Å²) in [6, 6.07) is 0. The monoisotopic (exact) mass is 220 g/mol. The number of aromatic nitrogens is 2. The van der Waals surface area contributed by atoms with Crippen LogP contribution in [0.2, 0.25) is 0 Å². The summed E-state index contributed by atoms with van der Waals surface area (Å²) in [6.07, 6.45) is 6.67. The van der Waals surface area contributed by atoms with Gasteiger partial charge in [-0.3, -0.25) is 0 Å². The first-order valence-corrected chi connectivity index (χ1v) is 6.10. The molecule has 0 atom stereocenters. The number of anilines is 2. The number of nitrogens with one attached hydrogen (secondary N) is 2. The molecule has 0 aromatic carbocycles. The molecule has 0 saturated heterocycles. The zero-order valence-corrected chi connectivity index (χ0v) is 10.1. The zero-order valence-electron chi connectivity index (χ0n) is 10.1. The summed E-state index contributed by atoms with van der Waals surface area (Å²) in [7, 11) is 1.90. The minimum atomic E-state index is 0.845. The van der Waals surface area contributed by atoms with Crippen molar-refractivity contribution < 1.29 is 0 Å². The summed E-state index contributed by atoms with van der Waals surface area (Å²) in [5, 5.41) is 6.56. The Morgan fingerprint density at radius 1 is 1.31 bits per heavy atom. The highest BCUT2D eigenvalue weighted by Crippen LogP contribution is 2.27. The molecule has 0 amide bonds. The molecule has 2 N–H and O–H groups in total. The molecule has 0 unspecified atom stereocenters. The lowest BCUT2D eigenvalue weighted by Gasteiger charge is -2.26. The third-order valence-corrected chi connectivity index (χ3v) is 3.32. The highest BCUT2D eigenvalue weighted by molar-refractivity contribution is 5.57. The average Bonchev–Trinajstić information content (AvgIpc) is 2.26. The van der Waals surface area contributed by atoms with E-state index in [1.807, 2.05) is 7.05 Å². The smallest absolute Gasteiger partial charge is 0.134 e. The molecule has 0 spiro atoms. The van der Waals surface area contributed by atoms with Gasteiger partial charge in [0.25, 0.3) is 0 Å². The summed E-state index contributed by atoms with van der Waals surface area (Å²) in [4.78, 5) is 8.55. The van der Waals surface area contributed by atoms with Crippen LogP contribution in [0.5, 0.6) is 0 Å². The summed E-state index contributed by atoms with van der Waals surface area (Å²) < 4.78 is 0. The van der Waals surface area contributed by atoms with Gasteiger partial charge in [-0.05, 0) is 25.2 Å². The SMILES string of the molecule is CCc1c(NC)ncnc1NCC1CCC1. The Hall–Kier alpha value is -1.32. The fourth-order valence-corrected chi connectivity index (χ4v) is 2.05. The van der Waals surface area contributed by atoms with Crippen molar-refractivity contribution in [3.63, 3.8) is 0 Å². The van der Waals surface area contributed by atoms with Gasteiger partial charge < -0.3 is 10.6 Å². The first-order chi connectivity index (χ1) is 7.85. The Kier molecular flexibility index (Phi) is 3.59. The van der Waals surface area contributed by atoms with E-state index in [1.54, 1.807) is 6.33 Å². The van der Waals surface area contributed by atoms with Crippen LogP contribution in [-0.4, -0.2) is 23.6 Å². The quantitative estimate of drug-likeness (QED) is 0.799. The Balaban J connectivity index is 2.05. The van der Waals surface area contributed by atoms with Gasteiger partial charge in [0, 0.05) is 19.2 Å². The molecular formula is C12H20N4. The molecule has 4 heteroatoms. The van der Waals surface area contributed by atoms with Crippen LogP contribution in [0.15, 0.2) is 6.33 Å². The fraction of sp³-hybridized carbons (Fsp3) is 0.667. The van der Waals surface area contributed by atoms with E-state index in [0.717, 1.165) is 30.5 Å². The van der Waals surface area contributed by atoms with E-state index >= 15 is 0 Å². The van der Waals surface area contributed by atoms with Crippen LogP contribution in [-0.2, 0) is 6.42 Å². The molecule has 1 fully saturated rings. The first-order valence-electron chi connectivity index (χ1n) is 6.10. The summed E-state index contributed by atoms with van der Waals surface area (Å²) >= 11 is 0. The third kappa shape index (κ3) is 2.26. The van der Waals surface area contributed by atoms with E-state index in [-0.39, 0.29) is 0 Å². The lowest BCUT2D eigenvalue weighted by Crippen LogP contribution is -2.22. The van der Waals surface area contributed by atoms with Gasteiger partial charge in [-0.15, -0.1) is 0 Å². The van der Waals surface area contributed by atoms with Gasteiger partial charge >= 0.3 is 0 Å². The minimum absolute atomic E-state index is 0.845. The Morgan fingerprint density at radius 2 is 2.06 bits per heavy atom. The maximum atomic E-state index is 4.33. The van der Waals surface area contributed by atoms with Crippen LogP contribution in [0.3, 0.4) is 0 Å². The minimum Gasteiger partial charge on any atom is -0.373 e. The summed E-state index contributed by atoms with van der Waals surface area (Å²) in [6.45, 7) is 3.18. The number of rotatable bonds is 5. The van der Waals surface area contributed by atoms with Crippen molar-refractivity contribution in [2.24, 2.45) is 5.92 Å². The summed E-state index contributed by atoms with van der Waals surface area (Å²) in [5.41, 5.74) is 1.18. The molecule has 88 valence electrons. The second-order valence-corrected chi connectivity index (χ2v) is 4.33. The predicted octanol–water partition coefficient (Wildman–Crippen LogP) is 2.29. The van der Waals surface area contributed by atoms with E-state index in [2.05, 4.69) is 27.5 Å². The lowest BCUT2D eigenvalue weighted by atomic mass is 9.85. The van der Waals surface area contributed by atoms with E-state index in [1.165, 1.54) is 24.8 Å². The zero-order chi connectivity index (χ0) is 11.4. The molecule has 1 saturated carbocycles. The van der Waals surface area contributed by atoms with E-state index in [4.69, 9.17) is 0 Å². The van der Waals surface area contributed by atoms with Crippen molar-refractivity contribution in [3.8, 4) is 0 Å². The maximum Gasteiger partial charge on any atom is 0.134 e. The van der Waals surface area contributed by atoms with Gasteiger partial charge in [-0.2, -0.15) is 0 Å². The molecule has 0 aliphatic heterocycles. The molecule has 2 rings (SSSR count). The van der Waals surface area contributed by atoms with Gasteiger partial charge in [0.1, 0.15) is 18.0 Å².